The van der Waals surface area contributed by atoms with Crippen LogP contribution in [-0.2, 0) is 0 Å². The largest absolute Gasteiger partial charge is 0.489 e. The van der Waals surface area contributed by atoms with E-state index in [0.717, 1.165) is 18.7 Å². The highest BCUT2D eigenvalue weighted by Crippen LogP contribution is 2.17. The Hall–Kier alpha value is -1.12. The van der Waals surface area contributed by atoms with Crippen LogP contribution in [0.1, 0.15) is 20.8 Å². The summed E-state index contributed by atoms with van der Waals surface area (Å²) in [4.78, 5) is 4.29. The van der Waals surface area contributed by atoms with Crippen molar-refractivity contribution < 1.29 is 13.5 Å². The highest BCUT2D eigenvalue weighted by atomic mass is 127. The molecule has 4 nitrogen and oxygen atoms in total. The van der Waals surface area contributed by atoms with E-state index in [1.54, 1.807) is 0 Å². The number of nitrogens with zero attached hydrogens (tertiary/aromatic N) is 1. The molecule has 120 valence electrons. The number of halogens is 3. The lowest BCUT2D eigenvalue weighted by atomic mass is 10.3. The van der Waals surface area contributed by atoms with Crippen molar-refractivity contribution in [2.24, 2.45) is 4.99 Å². The molecule has 0 fully saturated rings. The van der Waals surface area contributed by atoms with E-state index < -0.39 is 11.6 Å². The molecule has 0 spiro atoms. The summed E-state index contributed by atoms with van der Waals surface area (Å²) in [5.41, 5.74) is 0. The molecule has 0 atom stereocenters. The number of hydrogen-bond donors (Lipinski definition) is 2. The minimum Gasteiger partial charge on any atom is -0.489 e. The molecule has 0 aliphatic heterocycles. The van der Waals surface area contributed by atoms with Gasteiger partial charge in [0.05, 0.1) is 6.54 Å². The van der Waals surface area contributed by atoms with E-state index in [4.69, 9.17) is 4.74 Å². The van der Waals surface area contributed by atoms with Gasteiger partial charge >= 0.3 is 0 Å². The second-order valence-electron chi connectivity index (χ2n) is 4.48. The van der Waals surface area contributed by atoms with Crippen molar-refractivity contribution >= 4 is 29.9 Å². The zero-order valence-corrected chi connectivity index (χ0v) is 14.8. The molecule has 0 heterocycles. The van der Waals surface area contributed by atoms with Gasteiger partial charge in [-0.05, 0) is 32.9 Å². The molecule has 0 saturated carbocycles. The van der Waals surface area contributed by atoms with Gasteiger partial charge in [0.2, 0.25) is 0 Å². The first-order valence-corrected chi connectivity index (χ1v) is 6.65. The third-order valence-corrected chi connectivity index (χ3v) is 2.28. The van der Waals surface area contributed by atoms with Crippen molar-refractivity contribution in [2.45, 2.75) is 26.8 Å². The molecule has 0 radical (unpaired) electrons. The second-order valence-corrected chi connectivity index (χ2v) is 4.48. The highest BCUT2D eigenvalue weighted by molar-refractivity contribution is 14.0. The lowest BCUT2D eigenvalue weighted by molar-refractivity contribution is 0.310. The maximum Gasteiger partial charge on any atom is 0.191 e. The summed E-state index contributed by atoms with van der Waals surface area (Å²) in [7, 11) is 0. The van der Waals surface area contributed by atoms with Crippen LogP contribution in [0, 0.1) is 11.6 Å². The van der Waals surface area contributed by atoms with Gasteiger partial charge in [-0.2, -0.15) is 0 Å². The van der Waals surface area contributed by atoms with Crippen molar-refractivity contribution in [1.29, 1.82) is 0 Å². The lowest BCUT2D eigenvalue weighted by Gasteiger charge is -2.14. The normalized spacial score (nSPS) is 11.0. The molecule has 0 saturated heterocycles. The molecular weight excluding hydrogens is 391 g/mol. The van der Waals surface area contributed by atoms with Gasteiger partial charge in [0, 0.05) is 18.7 Å². The zero-order valence-electron chi connectivity index (χ0n) is 12.5. The molecule has 7 heteroatoms. The lowest BCUT2D eigenvalue weighted by Crippen LogP contribution is -2.41. The zero-order chi connectivity index (χ0) is 15.0. The summed E-state index contributed by atoms with van der Waals surface area (Å²) in [5, 5.41) is 6.25. The van der Waals surface area contributed by atoms with Crippen LogP contribution in [0.5, 0.6) is 5.75 Å². The SMILES string of the molecule is CCNC(=NCCOc1ccc(F)cc1F)NC(C)C.I. The van der Waals surface area contributed by atoms with Crippen LogP contribution >= 0.6 is 24.0 Å². The number of benzene rings is 1. The maximum absolute atomic E-state index is 13.3. The fourth-order valence-corrected chi connectivity index (χ4v) is 1.50. The number of nitrogens with one attached hydrogen (secondary N) is 2. The van der Waals surface area contributed by atoms with Gasteiger partial charge in [0.25, 0.3) is 0 Å². The summed E-state index contributed by atoms with van der Waals surface area (Å²) >= 11 is 0. The fourth-order valence-electron chi connectivity index (χ4n) is 1.50. The van der Waals surface area contributed by atoms with Crippen molar-refractivity contribution in [1.82, 2.24) is 10.6 Å². The van der Waals surface area contributed by atoms with Gasteiger partial charge in [-0.1, -0.05) is 0 Å². The third kappa shape index (κ3) is 8.03. The van der Waals surface area contributed by atoms with Crippen molar-refractivity contribution in [3.05, 3.63) is 29.8 Å². The van der Waals surface area contributed by atoms with Gasteiger partial charge in [-0.25, -0.2) is 13.8 Å². The minimum absolute atomic E-state index is 0. The van der Waals surface area contributed by atoms with Crippen LogP contribution in [0.2, 0.25) is 0 Å². The average Bonchev–Trinajstić information content (AvgIpc) is 2.36. The molecular formula is C14H22F2IN3O. The highest BCUT2D eigenvalue weighted by Gasteiger charge is 2.04. The predicted molar refractivity (Wildman–Crippen MR) is 91.5 cm³/mol. The van der Waals surface area contributed by atoms with Gasteiger partial charge < -0.3 is 15.4 Å². The Balaban J connectivity index is 0.00000400. The molecule has 0 unspecified atom stereocenters. The number of aliphatic imine (C=N–C) groups is 1. The number of hydrogen-bond acceptors (Lipinski definition) is 2. The molecule has 2 N–H and O–H groups in total. The summed E-state index contributed by atoms with van der Waals surface area (Å²) < 4.78 is 31.2. The predicted octanol–water partition coefficient (Wildman–Crippen LogP) is 2.93. The smallest absolute Gasteiger partial charge is 0.191 e. The van der Waals surface area contributed by atoms with E-state index in [0.29, 0.717) is 12.5 Å². The summed E-state index contributed by atoms with van der Waals surface area (Å²) in [5.74, 6) is -0.612. The standard InChI is InChI=1S/C14H21F2N3O.HI/c1-4-17-14(19-10(2)3)18-7-8-20-13-6-5-11(15)9-12(13)16;/h5-6,9-10H,4,7-8H2,1-3H3,(H2,17,18,19);1H. The summed E-state index contributed by atoms with van der Waals surface area (Å²) in [6.45, 7) is 7.35. The summed E-state index contributed by atoms with van der Waals surface area (Å²) in [6, 6.07) is 3.49. The van der Waals surface area contributed by atoms with Crippen molar-refractivity contribution in [3.63, 3.8) is 0 Å². The van der Waals surface area contributed by atoms with Crippen LogP contribution in [0.15, 0.2) is 23.2 Å². The Morgan fingerprint density at radius 2 is 2.05 bits per heavy atom. The monoisotopic (exact) mass is 413 g/mol. The average molecular weight is 413 g/mol. The van der Waals surface area contributed by atoms with E-state index in [2.05, 4.69) is 15.6 Å². The molecule has 0 aliphatic rings. The Bertz CT molecular complexity index is 456. The molecule has 0 aromatic heterocycles. The molecule has 0 amide bonds. The van der Waals surface area contributed by atoms with E-state index in [-0.39, 0.29) is 42.4 Å². The molecule has 21 heavy (non-hydrogen) atoms. The second kappa shape index (κ2) is 10.6. The van der Waals surface area contributed by atoms with Crippen molar-refractivity contribution in [2.75, 3.05) is 19.7 Å². The number of ether oxygens (including phenoxy) is 1. The minimum atomic E-state index is -0.707. The first kappa shape index (κ1) is 19.9. The van der Waals surface area contributed by atoms with Gasteiger partial charge in [-0.3, -0.25) is 0 Å². The number of guanidine groups is 1. The topological polar surface area (TPSA) is 45.7 Å². The maximum atomic E-state index is 13.3. The van der Waals surface area contributed by atoms with Gasteiger partial charge in [0.15, 0.2) is 17.5 Å². The number of rotatable bonds is 6. The van der Waals surface area contributed by atoms with Crippen LogP contribution in [0.4, 0.5) is 8.78 Å². The van der Waals surface area contributed by atoms with Crippen LogP contribution in [0.25, 0.3) is 0 Å². The molecule has 0 bridgehead atoms. The van der Waals surface area contributed by atoms with Gasteiger partial charge in [-0.15, -0.1) is 24.0 Å². The summed E-state index contributed by atoms with van der Waals surface area (Å²) in [6.07, 6.45) is 0. The van der Waals surface area contributed by atoms with Gasteiger partial charge in [0.1, 0.15) is 12.4 Å². The van der Waals surface area contributed by atoms with Crippen molar-refractivity contribution in [3.8, 4) is 5.75 Å². The van der Waals surface area contributed by atoms with E-state index >= 15 is 0 Å². The van der Waals surface area contributed by atoms with Crippen LogP contribution in [0.3, 0.4) is 0 Å². The molecule has 1 rings (SSSR count). The van der Waals surface area contributed by atoms with Crippen LogP contribution in [-0.4, -0.2) is 31.7 Å². The Morgan fingerprint density at radius 1 is 1.33 bits per heavy atom. The van der Waals surface area contributed by atoms with E-state index in [1.807, 2.05) is 20.8 Å². The van der Waals surface area contributed by atoms with E-state index in [9.17, 15) is 8.78 Å². The molecule has 1 aromatic carbocycles. The fraction of sp³-hybridized carbons (Fsp3) is 0.500. The third-order valence-electron chi connectivity index (χ3n) is 2.28. The first-order valence-electron chi connectivity index (χ1n) is 6.65. The quantitative estimate of drug-likeness (QED) is 0.326. The Morgan fingerprint density at radius 3 is 2.62 bits per heavy atom. The molecule has 0 aliphatic carbocycles. The first-order chi connectivity index (χ1) is 9.52. The Labute approximate surface area is 141 Å². The molecule has 1 aromatic rings. The van der Waals surface area contributed by atoms with E-state index in [1.165, 1.54) is 6.07 Å². The van der Waals surface area contributed by atoms with Crippen LogP contribution < -0.4 is 15.4 Å². The Kier molecular flexibility index (Phi) is 10.0.